The lowest BCUT2D eigenvalue weighted by Gasteiger charge is -2.06. The number of halogens is 1. The Morgan fingerprint density at radius 1 is 1.50 bits per heavy atom. The maximum absolute atomic E-state index is 12.6. The van der Waals surface area contributed by atoms with Crippen LogP contribution < -0.4 is 0 Å². The fourth-order valence-corrected chi connectivity index (χ4v) is 3.01. The Morgan fingerprint density at radius 3 is 3.00 bits per heavy atom. The molecule has 1 aliphatic carbocycles. The maximum atomic E-state index is 12.6. The number of hydrogen-bond acceptors (Lipinski definition) is 4. The molecule has 0 radical (unpaired) electrons. The van der Waals surface area contributed by atoms with Crippen molar-refractivity contribution >= 4 is 29.1 Å². The zero-order valence-corrected chi connectivity index (χ0v) is 12.6. The highest BCUT2D eigenvalue weighted by Crippen LogP contribution is 2.42. The van der Waals surface area contributed by atoms with E-state index < -0.39 is 0 Å². The third-order valence-corrected chi connectivity index (χ3v) is 4.37. The second kappa shape index (κ2) is 5.62. The van der Waals surface area contributed by atoms with Gasteiger partial charge in [0.15, 0.2) is 11.5 Å². The van der Waals surface area contributed by atoms with Gasteiger partial charge in [-0.05, 0) is 42.9 Å². The Hall–Kier alpha value is -1.26. The van der Waals surface area contributed by atoms with Crippen LogP contribution in [0, 0.1) is 0 Å². The molecular weight excluding hydrogens is 294 g/mol. The molecule has 1 aromatic carbocycles. The maximum Gasteiger partial charge on any atom is 0.198 e. The Bertz CT molecular complexity index is 649. The molecule has 1 aromatic heterocycles. The standard InChI is InChI=1S/C15H14ClNO2S/c1-20-8-11-6-10(4-5-13(11)16)14(18)12-7-17-19-15(12)9-2-3-9/h4-7,9H,2-3,8H2,1H3. The molecule has 0 saturated heterocycles. The smallest absolute Gasteiger partial charge is 0.198 e. The number of benzene rings is 1. The predicted molar refractivity (Wildman–Crippen MR) is 80.6 cm³/mol. The van der Waals surface area contributed by atoms with Crippen LogP contribution in [0.1, 0.15) is 46.0 Å². The second-order valence-corrected chi connectivity index (χ2v) is 6.22. The summed E-state index contributed by atoms with van der Waals surface area (Å²) in [6.07, 6.45) is 5.69. The van der Waals surface area contributed by atoms with E-state index >= 15 is 0 Å². The number of ketones is 1. The molecule has 0 aliphatic heterocycles. The van der Waals surface area contributed by atoms with Gasteiger partial charge >= 0.3 is 0 Å². The van der Waals surface area contributed by atoms with Gasteiger partial charge in [0.1, 0.15) is 0 Å². The van der Waals surface area contributed by atoms with Crippen molar-refractivity contribution in [3.8, 4) is 0 Å². The Morgan fingerprint density at radius 2 is 2.30 bits per heavy atom. The summed E-state index contributed by atoms with van der Waals surface area (Å²) in [7, 11) is 0. The lowest BCUT2D eigenvalue weighted by Crippen LogP contribution is -2.03. The van der Waals surface area contributed by atoms with Crippen molar-refractivity contribution < 1.29 is 9.32 Å². The largest absolute Gasteiger partial charge is 0.360 e. The third-order valence-electron chi connectivity index (χ3n) is 3.40. The molecule has 3 nitrogen and oxygen atoms in total. The van der Waals surface area contributed by atoms with Crippen LogP contribution in [0.5, 0.6) is 0 Å². The number of thioether (sulfide) groups is 1. The third kappa shape index (κ3) is 2.63. The van der Waals surface area contributed by atoms with Crippen LogP contribution in [-0.2, 0) is 5.75 Å². The zero-order chi connectivity index (χ0) is 14.1. The number of aromatic nitrogens is 1. The molecule has 1 aliphatic rings. The fourth-order valence-electron chi connectivity index (χ4n) is 2.20. The van der Waals surface area contributed by atoms with Crippen molar-refractivity contribution in [1.82, 2.24) is 5.16 Å². The highest BCUT2D eigenvalue weighted by molar-refractivity contribution is 7.97. The van der Waals surface area contributed by atoms with Crippen molar-refractivity contribution in [2.75, 3.05) is 6.26 Å². The molecule has 1 saturated carbocycles. The quantitative estimate of drug-likeness (QED) is 0.772. The number of rotatable bonds is 5. The fraction of sp³-hybridized carbons (Fsp3) is 0.333. The molecule has 20 heavy (non-hydrogen) atoms. The monoisotopic (exact) mass is 307 g/mol. The average molecular weight is 308 g/mol. The van der Waals surface area contributed by atoms with Gasteiger partial charge in [0.05, 0.1) is 11.8 Å². The average Bonchev–Trinajstić information content (AvgIpc) is 3.18. The minimum Gasteiger partial charge on any atom is -0.360 e. The molecule has 5 heteroatoms. The first-order valence-corrected chi connectivity index (χ1v) is 8.24. The number of hydrogen-bond donors (Lipinski definition) is 0. The van der Waals surface area contributed by atoms with Crippen LogP contribution in [0.25, 0.3) is 0 Å². The first kappa shape index (κ1) is 13.7. The lowest BCUT2D eigenvalue weighted by molar-refractivity contribution is 0.103. The normalized spacial score (nSPS) is 14.5. The summed E-state index contributed by atoms with van der Waals surface area (Å²) >= 11 is 7.82. The summed E-state index contributed by atoms with van der Waals surface area (Å²) in [5.41, 5.74) is 2.21. The van der Waals surface area contributed by atoms with Gasteiger partial charge in [-0.1, -0.05) is 16.8 Å². The number of nitrogens with zero attached hydrogens (tertiary/aromatic N) is 1. The molecule has 0 amide bonds. The summed E-state index contributed by atoms with van der Waals surface area (Å²) in [6.45, 7) is 0. The Kier molecular flexibility index (Phi) is 3.85. The van der Waals surface area contributed by atoms with Gasteiger partial charge in [0.2, 0.25) is 0 Å². The zero-order valence-electron chi connectivity index (χ0n) is 11.1. The van der Waals surface area contributed by atoms with E-state index in [4.69, 9.17) is 16.1 Å². The highest BCUT2D eigenvalue weighted by atomic mass is 35.5. The van der Waals surface area contributed by atoms with Gasteiger partial charge in [-0.25, -0.2) is 0 Å². The van der Waals surface area contributed by atoms with Crippen molar-refractivity contribution in [2.24, 2.45) is 0 Å². The van der Waals surface area contributed by atoms with E-state index in [0.717, 1.165) is 29.9 Å². The second-order valence-electron chi connectivity index (χ2n) is 4.95. The number of carbonyl (C=O) groups excluding carboxylic acids is 1. The first-order chi connectivity index (χ1) is 9.70. The molecule has 0 atom stereocenters. The van der Waals surface area contributed by atoms with E-state index in [1.165, 1.54) is 6.20 Å². The molecule has 3 rings (SSSR count). The minimum absolute atomic E-state index is 0.0350. The molecule has 0 unspecified atom stereocenters. The molecule has 0 bridgehead atoms. The van der Waals surface area contributed by atoms with E-state index in [9.17, 15) is 4.79 Å². The molecule has 0 spiro atoms. The van der Waals surface area contributed by atoms with Crippen molar-refractivity contribution in [1.29, 1.82) is 0 Å². The molecule has 0 N–H and O–H groups in total. The van der Waals surface area contributed by atoms with Crippen molar-refractivity contribution in [2.45, 2.75) is 24.5 Å². The SMILES string of the molecule is CSCc1cc(C(=O)c2cnoc2C2CC2)ccc1Cl. The molecule has 2 aromatic rings. The molecular formula is C15H14ClNO2S. The Balaban J connectivity index is 1.93. The van der Waals surface area contributed by atoms with Crippen molar-refractivity contribution in [3.05, 3.63) is 51.9 Å². The predicted octanol–water partition coefficient (Wildman–Crippen LogP) is 4.30. The summed E-state index contributed by atoms with van der Waals surface area (Å²) in [4.78, 5) is 12.6. The highest BCUT2D eigenvalue weighted by Gasteiger charge is 2.32. The van der Waals surface area contributed by atoms with Crippen LogP contribution >= 0.6 is 23.4 Å². The molecule has 1 heterocycles. The first-order valence-electron chi connectivity index (χ1n) is 6.47. The molecule has 1 fully saturated rings. The van der Waals surface area contributed by atoms with Crippen LogP contribution in [0.15, 0.2) is 28.9 Å². The molecule has 104 valence electrons. The minimum atomic E-state index is -0.0350. The van der Waals surface area contributed by atoms with E-state index in [0.29, 0.717) is 22.1 Å². The van der Waals surface area contributed by atoms with Crippen LogP contribution in [0.4, 0.5) is 0 Å². The van der Waals surface area contributed by atoms with E-state index in [2.05, 4.69) is 5.16 Å². The van der Waals surface area contributed by atoms with Gasteiger partial charge in [0, 0.05) is 22.3 Å². The Labute approximate surface area is 126 Å². The van der Waals surface area contributed by atoms with Gasteiger partial charge < -0.3 is 4.52 Å². The van der Waals surface area contributed by atoms with Crippen LogP contribution in [-0.4, -0.2) is 17.2 Å². The topological polar surface area (TPSA) is 43.1 Å². The van der Waals surface area contributed by atoms with Crippen LogP contribution in [0.2, 0.25) is 5.02 Å². The summed E-state index contributed by atoms with van der Waals surface area (Å²) in [5.74, 6) is 1.86. The van der Waals surface area contributed by atoms with Gasteiger partial charge in [0.25, 0.3) is 0 Å². The van der Waals surface area contributed by atoms with E-state index in [1.54, 1.807) is 23.9 Å². The van der Waals surface area contributed by atoms with Crippen molar-refractivity contribution in [3.63, 3.8) is 0 Å². The van der Waals surface area contributed by atoms with Crippen LogP contribution in [0.3, 0.4) is 0 Å². The summed E-state index contributed by atoms with van der Waals surface area (Å²) in [5, 5.41) is 4.48. The van der Waals surface area contributed by atoms with Gasteiger partial charge in [-0.15, -0.1) is 0 Å². The van der Waals surface area contributed by atoms with E-state index in [-0.39, 0.29) is 5.78 Å². The summed E-state index contributed by atoms with van der Waals surface area (Å²) in [6, 6.07) is 5.41. The van der Waals surface area contributed by atoms with Gasteiger partial charge in [-0.2, -0.15) is 11.8 Å². The lowest BCUT2D eigenvalue weighted by atomic mass is 10.0. The van der Waals surface area contributed by atoms with Gasteiger partial charge in [-0.3, -0.25) is 4.79 Å². The van der Waals surface area contributed by atoms with E-state index in [1.807, 2.05) is 12.3 Å². The number of carbonyl (C=O) groups is 1. The summed E-state index contributed by atoms with van der Waals surface area (Å²) < 4.78 is 5.23.